The van der Waals surface area contributed by atoms with Gasteiger partial charge in [-0.1, -0.05) is 12.1 Å². The molecule has 3 aromatic heterocycles. The van der Waals surface area contributed by atoms with Gasteiger partial charge in [-0.15, -0.1) is 0 Å². The molecule has 0 spiro atoms. The van der Waals surface area contributed by atoms with Crippen LogP contribution in [-0.4, -0.2) is 57.4 Å². The normalized spacial score (nSPS) is 15.1. The molecule has 1 atom stereocenters. The maximum absolute atomic E-state index is 13.8. The molecule has 0 saturated carbocycles. The van der Waals surface area contributed by atoms with Crippen molar-refractivity contribution in [3.05, 3.63) is 90.4 Å². The first kappa shape index (κ1) is 29.6. The quantitative estimate of drug-likeness (QED) is 0.206. The number of pyridine rings is 1. The second-order valence-electron chi connectivity index (χ2n) is 11.2. The van der Waals surface area contributed by atoms with E-state index in [9.17, 15) is 17.6 Å². The van der Waals surface area contributed by atoms with Gasteiger partial charge in [-0.05, 0) is 66.6 Å². The van der Waals surface area contributed by atoms with E-state index in [1.165, 1.54) is 41.9 Å². The van der Waals surface area contributed by atoms with Crippen LogP contribution in [-0.2, 0) is 14.8 Å². The van der Waals surface area contributed by atoms with Crippen molar-refractivity contribution in [2.24, 2.45) is 5.92 Å². The van der Waals surface area contributed by atoms with Crippen LogP contribution in [0.1, 0.15) is 16.8 Å². The number of carbonyl (C=O) groups excluding carboxylic acids is 1. The van der Waals surface area contributed by atoms with E-state index < -0.39 is 21.7 Å². The lowest BCUT2D eigenvalue weighted by atomic mass is 9.97. The van der Waals surface area contributed by atoms with Crippen molar-refractivity contribution < 1.29 is 31.2 Å². The Morgan fingerprint density at radius 3 is 2.52 bits per heavy atom. The zero-order valence-electron chi connectivity index (χ0n) is 25.0. The number of oxazole rings is 1. The number of hydrogen-bond acceptors (Lipinski definition) is 8. The molecule has 1 aliphatic rings. The molecule has 1 fully saturated rings. The van der Waals surface area contributed by atoms with Crippen molar-refractivity contribution in [2.45, 2.75) is 6.42 Å². The van der Waals surface area contributed by atoms with Crippen molar-refractivity contribution in [3.63, 3.8) is 0 Å². The number of hydrogen-bond donors (Lipinski definition) is 1. The van der Waals surface area contributed by atoms with Gasteiger partial charge in [0.05, 0.1) is 24.1 Å². The Kier molecular flexibility index (Phi) is 7.53. The molecule has 10 nitrogen and oxygen atoms in total. The fourth-order valence-corrected chi connectivity index (χ4v) is 6.80. The number of halogens is 1. The van der Waals surface area contributed by atoms with Crippen molar-refractivity contribution in [1.29, 1.82) is 0 Å². The number of anilines is 1. The van der Waals surface area contributed by atoms with Gasteiger partial charge in [-0.2, -0.15) is 4.98 Å². The van der Waals surface area contributed by atoms with E-state index >= 15 is 0 Å². The number of carbonyl (C=O) groups is 1. The molecule has 234 valence electrons. The number of benzene rings is 3. The predicted octanol–water partition coefficient (Wildman–Crippen LogP) is 6.27. The van der Waals surface area contributed by atoms with Crippen LogP contribution in [0.5, 0.6) is 0 Å². The Bertz CT molecular complexity index is 2170. The van der Waals surface area contributed by atoms with E-state index in [2.05, 4.69) is 15.3 Å². The Morgan fingerprint density at radius 2 is 1.80 bits per heavy atom. The Morgan fingerprint density at radius 1 is 1.00 bits per heavy atom. The SMILES string of the molecule is CNC(=O)c1c(-c2ccc(F)cc2)oc2cc(N(CC3CCOC3)S(C)(=O)=O)c(-c3cccc(-c4nc5ncccc5o4)c3)cc12. The van der Waals surface area contributed by atoms with Gasteiger partial charge in [0.1, 0.15) is 17.2 Å². The molecule has 4 heterocycles. The summed E-state index contributed by atoms with van der Waals surface area (Å²) in [6.45, 7) is 1.20. The van der Waals surface area contributed by atoms with Crippen LogP contribution in [0.25, 0.3) is 56.1 Å². The molecule has 0 aliphatic carbocycles. The fraction of sp³-hybridized carbons (Fsp3) is 0.206. The molecule has 0 radical (unpaired) electrons. The molecule has 1 N–H and O–H groups in total. The molecule has 1 amide bonds. The molecule has 46 heavy (non-hydrogen) atoms. The van der Waals surface area contributed by atoms with Gasteiger partial charge in [-0.25, -0.2) is 17.8 Å². The maximum Gasteiger partial charge on any atom is 0.255 e. The fourth-order valence-electron chi connectivity index (χ4n) is 5.81. The van der Waals surface area contributed by atoms with Gasteiger partial charge < -0.3 is 18.9 Å². The smallest absolute Gasteiger partial charge is 0.255 e. The van der Waals surface area contributed by atoms with Gasteiger partial charge in [0.2, 0.25) is 15.9 Å². The monoisotopic (exact) mass is 640 g/mol. The Labute approximate surface area is 263 Å². The highest BCUT2D eigenvalue weighted by atomic mass is 32.2. The maximum atomic E-state index is 13.8. The zero-order valence-corrected chi connectivity index (χ0v) is 25.8. The third-order valence-corrected chi connectivity index (χ3v) is 9.22. The first-order valence-electron chi connectivity index (χ1n) is 14.7. The minimum Gasteiger partial charge on any atom is -0.455 e. The number of furan rings is 1. The summed E-state index contributed by atoms with van der Waals surface area (Å²) in [4.78, 5) is 22.1. The van der Waals surface area contributed by atoms with Crippen LogP contribution in [0, 0.1) is 11.7 Å². The number of sulfonamides is 1. The molecule has 3 aromatic carbocycles. The summed E-state index contributed by atoms with van der Waals surface area (Å²) in [7, 11) is -2.28. The van der Waals surface area contributed by atoms with Crippen molar-refractivity contribution in [2.75, 3.05) is 37.4 Å². The molecule has 0 bridgehead atoms. The van der Waals surface area contributed by atoms with Crippen LogP contribution in [0.3, 0.4) is 0 Å². The van der Waals surface area contributed by atoms with E-state index in [-0.39, 0.29) is 23.8 Å². The highest BCUT2D eigenvalue weighted by Crippen LogP contribution is 2.43. The number of nitrogens with zero attached hydrogens (tertiary/aromatic N) is 3. The highest BCUT2D eigenvalue weighted by Gasteiger charge is 2.30. The van der Waals surface area contributed by atoms with Gasteiger partial charge in [-0.3, -0.25) is 9.10 Å². The summed E-state index contributed by atoms with van der Waals surface area (Å²) in [5.74, 6) is -0.257. The van der Waals surface area contributed by atoms with Gasteiger partial charge in [0.15, 0.2) is 11.2 Å². The second-order valence-corrected chi connectivity index (χ2v) is 13.1. The topological polar surface area (TPSA) is 128 Å². The summed E-state index contributed by atoms with van der Waals surface area (Å²) in [5.41, 5.74) is 4.28. The van der Waals surface area contributed by atoms with E-state index in [0.717, 1.165) is 6.42 Å². The Hall–Kier alpha value is -5.07. The predicted molar refractivity (Wildman–Crippen MR) is 172 cm³/mol. The molecule has 6 aromatic rings. The number of rotatable bonds is 8. The Balaban J connectivity index is 1.47. The van der Waals surface area contributed by atoms with Crippen LogP contribution in [0.2, 0.25) is 0 Å². The van der Waals surface area contributed by atoms with Gasteiger partial charge in [0, 0.05) is 60.5 Å². The van der Waals surface area contributed by atoms with E-state index in [0.29, 0.717) is 69.2 Å². The third kappa shape index (κ3) is 5.50. The number of amides is 1. The third-order valence-electron chi connectivity index (χ3n) is 8.07. The van der Waals surface area contributed by atoms with Crippen LogP contribution < -0.4 is 9.62 Å². The van der Waals surface area contributed by atoms with E-state index in [1.807, 2.05) is 24.3 Å². The average molecular weight is 641 g/mol. The second kappa shape index (κ2) is 11.7. The summed E-state index contributed by atoms with van der Waals surface area (Å²) < 4.78 is 59.9. The first-order chi connectivity index (χ1) is 22.2. The van der Waals surface area contributed by atoms with Crippen molar-refractivity contribution in [3.8, 4) is 33.9 Å². The first-order valence-corrected chi connectivity index (χ1v) is 16.5. The van der Waals surface area contributed by atoms with Crippen LogP contribution in [0.15, 0.2) is 87.8 Å². The van der Waals surface area contributed by atoms with E-state index in [4.69, 9.17) is 13.6 Å². The molecular formula is C34H29FN4O6S. The number of aromatic nitrogens is 2. The lowest BCUT2D eigenvalue weighted by molar-refractivity contribution is 0.0964. The largest absolute Gasteiger partial charge is 0.455 e. The summed E-state index contributed by atoms with van der Waals surface area (Å²) >= 11 is 0. The summed E-state index contributed by atoms with van der Waals surface area (Å²) in [6, 6.07) is 20.0. The summed E-state index contributed by atoms with van der Waals surface area (Å²) in [5, 5.41) is 3.14. The molecule has 12 heteroatoms. The molecule has 1 saturated heterocycles. The van der Waals surface area contributed by atoms with E-state index in [1.54, 1.807) is 30.5 Å². The lowest BCUT2D eigenvalue weighted by Crippen LogP contribution is -2.35. The van der Waals surface area contributed by atoms with Gasteiger partial charge >= 0.3 is 0 Å². The number of ether oxygens (including phenoxy) is 1. The minimum atomic E-state index is -3.79. The minimum absolute atomic E-state index is 0.00957. The number of nitrogens with one attached hydrogen (secondary N) is 1. The molecule has 1 aliphatic heterocycles. The van der Waals surface area contributed by atoms with Crippen LogP contribution in [0.4, 0.5) is 10.1 Å². The number of fused-ring (bicyclic) bond motifs is 2. The molecule has 7 rings (SSSR count). The lowest BCUT2D eigenvalue weighted by Gasteiger charge is -2.27. The van der Waals surface area contributed by atoms with Crippen molar-refractivity contribution in [1.82, 2.24) is 15.3 Å². The zero-order chi connectivity index (χ0) is 32.0. The summed E-state index contributed by atoms with van der Waals surface area (Å²) in [6.07, 6.45) is 3.53. The highest BCUT2D eigenvalue weighted by molar-refractivity contribution is 7.92. The average Bonchev–Trinajstić information content (AvgIpc) is 3.81. The van der Waals surface area contributed by atoms with Crippen molar-refractivity contribution >= 4 is 43.8 Å². The molecule has 1 unspecified atom stereocenters. The van der Waals surface area contributed by atoms with Gasteiger partial charge in [0.25, 0.3) is 5.91 Å². The standard InChI is InChI=1S/C34H29FN4O6S/c1-36-33(40)30-26-16-25(22-5-3-6-23(15-22)34-38-32-28(45-34)7-4-13-37-32)27(39(46(2,41)42)18-20-12-14-43-19-20)17-29(26)44-31(30)21-8-10-24(35)11-9-21/h3-11,13,15-17,20H,12,14,18-19H2,1-2H3,(H,36,40). The molecular weight excluding hydrogens is 611 g/mol. The van der Waals surface area contributed by atoms with Crippen LogP contribution >= 0.6 is 0 Å².